The average Bonchev–Trinajstić information content (AvgIpc) is 2.26. The van der Waals surface area contributed by atoms with Crippen LogP contribution in [-0.2, 0) is 14.1 Å². The van der Waals surface area contributed by atoms with Crippen LogP contribution in [0.1, 0.15) is 0 Å². The highest BCUT2D eigenvalue weighted by Gasteiger charge is 2.01. The fraction of sp³-hybridized carbons (Fsp3) is 0.500. The molecule has 1 aromatic rings. The molecule has 0 atom stereocenters. The standard InChI is InChI=1S/C6H12N4O/c1-9-4-5(11-3)10(2)6(9)8-7/h4H,7H2,1-3H3/b8-6+. The zero-order valence-corrected chi connectivity index (χ0v) is 6.90. The van der Waals surface area contributed by atoms with Crippen LogP contribution in [0.3, 0.4) is 0 Å². The molecule has 0 aliphatic carbocycles. The van der Waals surface area contributed by atoms with Crippen LogP contribution in [0.25, 0.3) is 0 Å². The van der Waals surface area contributed by atoms with Crippen LogP contribution in [-0.4, -0.2) is 16.2 Å². The number of nitrogens with zero attached hydrogens (tertiary/aromatic N) is 3. The second kappa shape index (κ2) is 2.69. The molecule has 5 heteroatoms. The van der Waals surface area contributed by atoms with E-state index in [1.165, 1.54) is 0 Å². The van der Waals surface area contributed by atoms with Crippen molar-refractivity contribution >= 4 is 0 Å². The van der Waals surface area contributed by atoms with Crippen molar-refractivity contribution in [3.8, 4) is 5.88 Å². The van der Waals surface area contributed by atoms with Gasteiger partial charge in [0, 0.05) is 14.1 Å². The number of hydrogen-bond acceptors (Lipinski definition) is 3. The molecule has 0 saturated carbocycles. The third-order valence-electron chi connectivity index (χ3n) is 1.57. The smallest absolute Gasteiger partial charge is 0.229 e. The Morgan fingerprint density at radius 1 is 1.55 bits per heavy atom. The highest BCUT2D eigenvalue weighted by Crippen LogP contribution is 2.02. The van der Waals surface area contributed by atoms with Gasteiger partial charge in [0.2, 0.25) is 11.5 Å². The summed E-state index contributed by atoms with van der Waals surface area (Å²) in [7, 11) is 5.30. The summed E-state index contributed by atoms with van der Waals surface area (Å²) >= 11 is 0. The van der Waals surface area contributed by atoms with Gasteiger partial charge in [-0.2, -0.15) is 0 Å². The average molecular weight is 156 g/mol. The summed E-state index contributed by atoms with van der Waals surface area (Å²) in [5, 5.41) is 3.58. The van der Waals surface area contributed by atoms with Crippen LogP contribution in [0.2, 0.25) is 0 Å². The van der Waals surface area contributed by atoms with Gasteiger partial charge in [-0.05, 0) is 0 Å². The van der Waals surface area contributed by atoms with E-state index in [4.69, 9.17) is 10.6 Å². The number of ether oxygens (including phenoxy) is 1. The highest BCUT2D eigenvalue weighted by atomic mass is 16.5. The third-order valence-corrected chi connectivity index (χ3v) is 1.57. The van der Waals surface area contributed by atoms with E-state index in [9.17, 15) is 0 Å². The lowest BCUT2D eigenvalue weighted by atomic mass is 10.8. The molecule has 0 unspecified atom stereocenters. The molecule has 0 saturated heterocycles. The van der Waals surface area contributed by atoms with E-state index >= 15 is 0 Å². The first-order chi connectivity index (χ1) is 5.20. The summed E-state index contributed by atoms with van der Waals surface area (Å²) in [6, 6.07) is 0. The topological polar surface area (TPSA) is 57.5 Å². The summed E-state index contributed by atoms with van der Waals surface area (Å²) in [6.45, 7) is 0. The van der Waals surface area contributed by atoms with E-state index in [1.54, 1.807) is 16.2 Å². The lowest BCUT2D eigenvalue weighted by molar-refractivity contribution is 0.379. The summed E-state index contributed by atoms with van der Waals surface area (Å²) in [4.78, 5) is 0. The molecule has 0 amide bonds. The predicted molar refractivity (Wildman–Crippen MR) is 40.7 cm³/mol. The van der Waals surface area contributed by atoms with Gasteiger partial charge in [-0.3, -0.25) is 4.57 Å². The van der Waals surface area contributed by atoms with Crippen LogP contribution in [0.4, 0.5) is 0 Å². The number of methoxy groups -OCH3 is 1. The highest BCUT2D eigenvalue weighted by molar-refractivity contribution is 5.05. The van der Waals surface area contributed by atoms with Gasteiger partial charge in [-0.1, -0.05) is 0 Å². The third kappa shape index (κ3) is 1.09. The second-order valence-corrected chi connectivity index (χ2v) is 2.27. The number of aryl methyl sites for hydroxylation is 1. The molecule has 0 spiro atoms. The van der Waals surface area contributed by atoms with E-state index in [-0.39, 0.29) is 0 Å². The number of rotatable bonds is 1. The molecule has 2 N–H and O–H groups in total. The molecule has 1 heterocycles. The van der Waals surface area contributed by atoms with Gasteiger partial charge < -0.3 is 15.1 Å². The Bertz CT molecular complexity index is 309. The lowest BCUT2D eigenvalue weighted by Gasteiger charge is -1.96. The predicted octanol–water partition coefficient (Wildman–Crippen LogP) is -0.853. The van der Waals surface area contributed by atoms with Gasteiger partial charge in [0.05, 0.1) is 13.3 Å². The van der Waals surface area contributed by atoms with Crippen LogP contribution in [0.5, 0.6) is 5.88 Å². The Hall–Kier alpha value is -1.39. The van der Waals surface area contributed by atoms with Crippen molar-refractivity contribution in [2.24, 2.45) is 25.0 Å². The van der Waals surface area contributed by atoms with Crippen LogP contribution in [0, 0.1) is 0 Å². The van der Waals surface area contributed by atoms with Crippen LogP contribution in [0.15, 0.2) is 11.3 Å². The van der Waals surface area contributed by atoms with Crippen molar-refractivity contribution in [3.63, 3.8) is 0 Å². The van der Waals surface area contributed by atoms with Crippen molar-refractivity contribution in [1.29, 1.82) is 0 Å². The number of hydrogen-bond donors (Lipinski definition) is 1. The quantitative estimate of drug-likeness (QED) is 0.425. The van der Waals surface area contributed by atoms with E-state index in [1.807, 2.05) is 20.3 Å². The van der Waals surface area contributed by atoms with E-state index in [0.29, 0.717) is 5.62 Å². The van der Waals surface area contributed by atoms with Gasteiger partial charge in [0.15, 0.2) is 0 Å². The maximum Gasteiger partial charge on any atom is 0.229 e. The molecule has 0 bridgehead atoms. The molecule has 1 aromatic heterocycles. The Morgan fingerprint density at radius 3 is 2.45 bits per heavy atom. The minimum absolute atomic E-state index is 0.668. The number of nitrogens with two attached hydrogens (primary N) is 1. The van der Waals surface area contributed by atoms with Crippen molar-refractivity contribution in [3.05, 3.63) is 11.8 Å². The van der Waals surface area contributed by atoms with Gasteiger partial charge >= 0.3 is 0 Å². The van der Waals surface area contributed by atoms with Crippen LogP contribution < -0.4 is 16.2 Å². The Balaban J connectivity index is 3.38. The van der Waals surface area contributed by atoms with Gasteiger partial charge in [-0.25, -0.2) is 0 Å². The molecule has 5 nitrogen and oxygen atoms in total. The van der Waals surface area contributed by atoms with Crippen molar-refractivity contribution in [1.82, 2.24) is 9.13 Å². The zero-order valence-electron chi connectivity index (χ0n) is 6.90. The first kappa shape index (κ1) is 7.71. The SMILES string of the molecule is COc1cn(C)/c(=N\N)n1C. The van der Waals surface area contributed by atoms with Gasteiger partial charge in [0.1, 0.15) is 0 Å². The molecule has 11 heavy (non-hydrogen) atoms. The zero-order chi connectivity index (χ0) is 8.43. The fourth-order valence-corrected chi connectivity index (χ4v) is 1.01. The van der Waals surface area contributed by atoms with E-state index in [0.717, 1.165) is 5.88 Å². The Kier molecular flexibility index (Phi) is 1.89. The molecule has 62 valence electrons. The largest absolute Gasteiger partial charge is 0.481 e. The normalized spacial score (nSPS) is 12.1. The fourth-order valence-electron chi connectivity index (χ4n) is 1.01. The molecule has 0 fully saturated rings. The summed E-state index contributed by atoms with van der Waals surface area (Å²) < 4.78 is 8.59. The maximum absolute atomic E-state index is 5.15. The first-order valence-electron chi connectivity index (χ1n) is 3.21. The van der Waals surface area contributed by atoms with Crippen molar-refractivity contribution < 1.29 is 4.74 Å². The minimum Gasteiger partial charge on any atom is -0.481 e. The van der Waals surface area contributed by atoms with Gasteiger partial charge in [-0.15, -0.1) is 5.10 Å². The Morgan fingerprint density at radius 2 is 2.18 bits per heavy atom. The molecular weight excluding hydrogens is 144 g/mol. The lowest BCUT2D eigenvalue weighted by Crippen LogP contribution is -2.23. The Labute approximate surface area is 64.7 Å². The summed E-state index contributed by atoms with van der Waals surface area (Å²) in [5.41, 5.74) is 0.668. The van der Waals surface area contributed by atoms with Crippen molar-refractivity contribution in [2.75, 3.05) is 7.11 Å². The monoisotopic (exact) mass is 156 g/mol. The molecule has 0 aliphatic rings. The van der Waals surface area contributed by atoms with Crippen molar-refractivity contribution in [2.45, 2.75) is 0 Å². The van der Waals surface area contributed by atoms with E-state index < -0.39 is 0 Å². The summed E-state index contributed by atoms with van der Waals surface area (Å²) in [6.07, 6.45) is 1.81. The summed E-state index contributed by atoms with van der Waals surface area (Å²) in [5.74, 6) is 5.88. The molecule has 0 aliphatic heterocycles. The number of imidazole rings is 1. The number of aromatic nitrogens is 2. The molecule has 0 radical (unpaired) electrons. The van der Waals surface area contributed by atoms with E-state index in [2.05, 4.69) is 5.10 Å². The first-order valence-corrected chi connectivity index (χ1v) is 3.21. The van der Waals surface area contributed by atoms with Gasteiger partial charge in [0.25, 0.3) is 0 Å². The molecule has 1 rings (SSSR count). The molecule has 0 aromatic carbocycles. The second-order valence-electron chi connectivity index (χ2n) is 2.27. The molecular formula is C6H12N4O. The minimum atomic E-state index is 0.668. The van der Waals surface area contributed by atoms with Crippen LogP contribution >= 0.6 is 0 Å². The maximum atomic E-state index is 5.15.